The van der Waals surface area contributed by atoms with Crippen molar-refractivity contribution in [3.8, 4) is 5.75 Å². The van der Waals surface area contributed by atoms with Gasteiger partial charge in [-0.1, -0.05) is 35.9 Å². The van der Waals surface area contributed by atoms with Crippen LogP contribution in [-0.4, -0.2) is 6.61 Å². The molecule has 2 nitrogen and oxygen atoms in total. The average molecular weight is 269 g/mol. The summed E-state index contributed by atoms with van der Waals surface area (Å²) in [6, 6.07) is 15.1. The third-order valence-corrected chi connectivity index (χ3v) is 3.39. The zero-order chi connectivity index (χ0) is 14.5. The SMILES string of the molecule is CCOc1cc(C)ccc1NC(C)c1ccc(C)cc1. The molecule has 20 heavy (non-hydrogen) atoms. The number of anilines is 1. The normalized spacial score (nSPS) is 12.0. The lowest BCUT2D eigenvalue weighted by Crippen LogP contribution is -2.08. The molecule has 0 amide bonds. The number of hydrogen-bond donors (Lipinski definition) is 1. The lowest BCUT2D eigenvalue weighted by molar-refractivity contribution is 0.341. The molecule has 1 N–H and O–H groups in total. The Kier molecular flexibility index (Phi) is 4.67. The van der Waals surface area contributed by atoms with Crippen molar-refractivity contribution in [3.05, 3.63) is 59.2 Å². The van der Waals surface area contributed by atoms with Gasteiger partial charge in [-0.05, 0) is 51.0 Å². The van der Waals surface area contributed by atoms with Crippen molar-refractivity contribution in [2.45, 2.75) is 33.7 Å². The minimum Gasteiger partial charge on any atom is -0.492 e. The second-order valence-electron chi connectivity index (χ2n) is 5.21. The van der Waals surface area contributed by atoms with Crippen molar-refractivity contribution >= 4 is 5.69 Å². The molecule has 0 saturated carbocycles. The van der Waals surface area contributed by atoms with Crippen molar-refractivity contribution < 1.29 is 4.74 Å². The van der Waals surface area contributed by atoms with Crippen LogP contribution in [0.25, 0.3) is 0 Å². The molecule has 0 aromatic heterocycles. The van der Waals surface area contributed by atoms with Crippen LogP contribution in [0.5, 0.6) is 5.75 Å². The molecule has 0 aliphatic heterocycles. The van der Waals surface area contributed by atoms with E-state index in [1.165, 1.54) is 16.7 Å². The van der Waals surface area contributed by atoms with Crippen LogP contribution in [0.2, 0.25) is 0 Å². The molecule has 0 bridgehead atoms. The highest BCUT2D eigenvalue weighted by atomic mass is 16.5. The van der Waals surface area contributed by atoms with Crippen LogP contribution in [0.15, 0.2) is 42.5 Å². The van der Waals surface area contributed by atoms with Gasteiger partial charge in [0.15, 0.2) is 0 Å². The van der Waals surface area contributed by atoms with Crippen LogP contribution in [0.1, 0.15) is 36.6 Å². The summed E-state index contributed by atoms with van der Waals surface area (Å²) >= 11 is 0. The summed E-state index contributed by atoms with van der Waals surface area (Å²) in [5.41, 5.74) is 4.82. The van der Waals surface area contributed by atoms with Gasteiger partial charge in [0.25, 0.3) is 0 Å². The first kappa shape index (κ1) is 14.4. The third-order valence-electron chi connectivity index (χ3n) is 3.39. The Morgan fingerprint density at radius 1 is 1.00 bits per heavy atom. The monoisotopic (exact) mass is 269 g/mol. The molecule has 0 saturated heterocycles. The fourth-order valence-corrected chi connectivity index (χ4v) is 2.20. The fraction of sp³-hybridized carbons (Fsp3) is 0.333. The first-order chi connectivity index (χ1) is 9.60. The highest BCUT2D eigenvalue weighted by molar-refractivity contribution is 5.58. The number of nitrogens with one attached hydrogen (secondary N) is 1. The Morgan fingerprint density at radius 3 is 2.30 bits per heavy atom. The van der Waals surface area contributed by atoms with Crippen LogP contribution >= 0.6 is 0 Å². The lowest BCUT2D eigenvalue weighted by Gasteiger charge is -2.19. The van der Waals surface area contributed by atoms with Gasteiger partial charge in [-0.25, -0.2) is 0 Å². The summed E-state index contributed by atoms with van der Waals surface area (Å²) in [6.45, 7) is 9.04. The summed E-state index contributed by atoms with van der Waals surface area (Å²) in [7, 11) is 0. The second-order valence-corrected chi connectivity index (χ2v) is 5.21. The van der Waals surface area contributed by atoms with E-state index >= 15 is 0 Å². The molecule has 1 unspecified atom stereocenters. The van der Waals surface area contributed by atoms with E-state index in [1.807, 2.05) is 6.92 Å². The van der Waals surface area contributed by atoms with Gasteiger partial charge in [-0.3, -0.25) is 0 Å². The standard InChI is InChI=1S/C18H23NO/c1-5-20-18-12-14(3)8-11-17(18)19-15(4)16-9-6-13(2)7-10-16/h6-12,15,19H,5H2,1-4H3. The highest BCUT2D eigenvalue weighted by Gasteiger charge is 2.09. The van der Waals surface area contributed by atoms with Crippen LogP contribution in [-0.2, 0) is 0 Å². The Balaban J connectivity index is 2.18. The molecule has 2 aromatic rings. The number of hydrogen-bond acceptors (Lipinski definition) is 2. The molecular formula is C18H23NO. The third kappa shape index (κ3) is 3.53. The molecule has 2 aromatic carbocycles. The number of rotatable bonds is 5. The first-order valence-electron chi connectivity index (χ1n) is 7.16. The molecule has 2 heteroatoms. The molecule has 0 spiro atoms. The smallest absolute Gasteiger partial charge is 0.142 e. The molecule has 1 atom stereocenters. The predicted molar refractivity (Wildman–Crippen MR) is 85.6 cm³/mol. The van der Waals surface area contributed by atoms with Crippen molar-refractivity contribution in [2.24, 2.45) is 0 Å². The van der Waals surface area contributed by atoms with Gasteiger partial charge in [0, 0.05) is 6.04 Å². The predicted octanol–water partition coefficient (Wildman–Crippen LogP) is 4.88. The van der Waals surface area contributed by atoms with Gasteiger partial charge in [0.05, 0.1) is 12.3 Å². The Labute approximate surface area is 121 Å². The molecule has 106 valence electrons. The Hall–Kier alpha value is -1.96. The van der Waals surface area contributed by atoms with Gasteiger partial charge < -0.3 is 10.1 Å². The van der Waals surface area contributed by atoms with Crippen molar-refractivity contribution in [2.75, 3.05) is 11.9 Å². The number of ether oxygens (including phenoxy) is 1. The molecule has 0 aliphatic carbocycles. The van der Waals surface area contributed by atoms with Crippen LogP contribution in [0.3, 0.4) is 0 Å². The minimum absolute atomic E-state index is 0.248. The summed E-state index contributed by atoms with van der Waals surface area (Å²) < 4.78 is 5.71. The number of benzene rings is 2. The minimum atomic E-state index is 0.248. The van der Waals surface area contributed by atoms with Crippen LogP contribution < -0.4 is 10.1 Å². The summed E-state index contributed by atoms with van der Waals surface area (Å²) in [6.07, 6.45) is 0. The molecule has 0 fully saturated rings. The topological polar surface area (TPSA) is 21.3 Å². The van der Waals surface area contributed by atoms with E-state index in [0.29, 0.717) is 6.61 Å². The maximum Gasteiger partial charge on any atom is 0.142 e. The highest BCUT2D eigenvalue weighted by Crippen LogP contribution is 2.29. The molecular weight excluding hydrogens is 246 g/mol. The maximum absolute atomic E-state index is 5.71. The van der Waals surface area contributed by atoms with E-state index in [9.17, 15) is 0 Å². The summed E-state index contributed by atoms with van der Waals surface area (Å²) in [5.74, 6) is 0.923. The zero-order valence-corrected chi connectivity index (χ0v) is 12.7. The van der Waals surface area contributed by atoms with E-state index < -0.39 is 0 Å². The molecule has 2 rings (SSSR count). The van der Waals surface area contributed by atoms with E-state index in [2.05, 4.69) is 68.6 Å². The fourth-order valence-electron chi connectivity index (χ4n) is 2.20. The largest absolute Gasteiger partial charge is 0.492 e. The first-order valence-corrected chi connectivity index (χ1v) is 7.16. The Morgan fingerprint density at radius 2 is 1.65 bits per heavy atom. The van der Waals surface area contributed by atoms with Crippen LogP contribution in [0, 0.1) is 13.8 Å². The van der Waals surface area contributed by atoms with E-state index in [-0.39, 0.29) is 6.04 Å². The van der Waals surface area contributed by atoms with Gasteiger partial charge in [-0.15, -0.1) is 0 Å². The molecule has 0 radical (unpaired) electrons. The maximum atomic E-state index is 5.71. The number of aryl methyl sites for hydroxylation is 2. The van der Waals surface area contributed by atoms with E-state index in [1.54, 1.807) is 0 Å². The zero-order valence-electron chi connectivity index (χ0n) is 12.7. The average Bonchev–Trinajstić information content (AvgIpc) is 2.43. The van der Waals surface area contributed by atoms with Gasteiger partial charge in [0.1, 0.15) is 5.75 Å². The second kappa shape index (κ2) is 6.47. The van der Waals surface area contributed by atoms with Gasteiger partial charge in [-0.2, -0.15) is 0 Å². The van der Waals surface area contributed by atoms with Gasteiger partial charge >= 0.3 is 0 Å². The van der Waals surface area contributed by atoms with E-state index in [4.69, 9.17) is 4.74 Å². The molecule has 0 aliphatic rings. The van der Waals surface area contributed by atoms with Gasteiger partial charge in [0.2, 0.25) is 0 Å². The molecule has 0 heterocycles. The quantitative estimate of drug-likeness (QED) is 0.835. The van der Waals surface area contributed by atoms with Crippen LogP contribution in [0.4, 0.5) is 5.69 Å². The van der Waals surface area contributed by atoms with Crippen molar-refractivity contribution in [3.63, 3.8) is 0 Å². The summed E-state index contributed by atoms with van der Waals surface area (Å²) in [4.78, 5) is 0. The Bertz CT molecular complexity index is 560. The van der Waals surface area contributed by atoms with E-state index in [0.717, 1.165) is 11.4 Å². The van der Waals surface area contributed by atoms with Crippen molar-refractivity contribution in [1.29, 1.82) is 0 Å². The lowest BCUT2D eigenvalue weighted by atomic mass is 10.1. The van der Waals surface area contributed by atoms with Crippen molar-refractivity contribution in [1.82, 2.24) is 0 Å². The summed E-state index contributed by atoms with van der Waals surface area (Å²) in [5, 5.41) is 3.53.